The van der Waals surface area contributed by atoms with E-state index < -0.39 is 27.5 Å². The van der Waals surface area contributed by atoms with Gasteiger partial charge in [-0.1, -0.05) is 12.8 Å². The number of carbonyl (C=O) groups is 2. The summed E-state index contributed by atoms with van der Waals surface area (Å²) in [5.74, 6) is -1.25. The van der Waals surface area contributed by atoms with Gasteiger partial charge in [0.25, 0.3) is 5.91 Å². The van der Waals surface area contributed by atoms with Crippen molar-refractivity contribution in [3.63, 3.8) is 0 Å². The SMILES string of the molecule is CNC(=O)c1ccc(S(=O)(=O)N2CC[C@@H](O)[C@@](CC3CC3)(C(=O)O)C2)cc1. The normalized spacial score (nSPS) is 26.5. The van der Waals surface area contributed by atoms with Crippen LogP contribution in [0.4, 0.5) is 0 Å². The van der Waals surface area contributed by atoms with Gasteiger partial charge in [-0.3, -0.25) is 9.59 Å². The van der Waals surface area contributed by atoms with Crippen molar-refractivity contribution in [2.24, 2.45) is 11.3 Å². The van der Waals surface area contributed by atoms with Crippen molar-refractivity contribution >= 4 is 21.9 Å². The van der Waals surface area contributed by atoms with E-state index in [0.29, 0.717) is 5.56 Å². The standard InChI is InChI=1S/C18H24N2O6S/c1-19-16(22)13-4-6-14(7-5-13)27(25,26)20-9-8-15(21)18(11-20,17(23)24)10-12-2-3-12/h4-7,12,15,21H,2-3,8-11H2,1H3,(H,19,22)(H,23,24)/t15-,18+/m1/s1. The lowest BCUT2D eigenvalue weighted by Gasteiger charge is -2.42. The second kappa shape index (κ2) is 7.21. The topological polar surface area (TPSA) is 124 Å². The quantitative estimate of drug-likeness (QED) is 0.649. The van der Waals surface area contributed by atoms with Crippen molar-refractivity contribution in [2.45, 2.75) is 36.7 Å². The van der Waals surface area contributed by atoms with Crippen LogP contribution in [0.15, 0.2) is 29.2 Å². The number of aliphatic hydroxyl groups is 1. The minimum absolute atomic E-state index is 0.00254. The van der Waals surface area contributed by atoms with Gasteiger partial charge in [-0.2, -0.15) is 4.31 Å². The Morgan fingerprint density at radius 2 is 1.85 bits per heavy atom. The zero-order valence-electron chi connectivity index (χ0n) is 15.1. The Balaban J connectivity index is 1.87. The fraction of sp³-hybridized carbons (Fsp3) is 0.556. The monoisotopic (exact) mass is 396 g/mol. The van der Waals surface area contributed by atoms with Crippen LogP contribution in [0.5, 0.6) is 0 Å². The molecule has 0 unspecified atom stereocenters. The molecule has 0 aromatic heterocycles. The number of rotatable bonds is 6. The number of hydrogen-bond acceptors (Lipinski definition) is 5. The lowest BCUT2D eigenvalue weighted by atomic mass is 9.74. The summed E-state index contributed by atoms with van der Waals surface area (Å²) in [6, 6.07) is 5.51. The van der Waals surface area contributed by atoms with Crippen LogP contribution in [0.25, 0.3) is 0 Å². The van der Waals surface area contributed by atoms with Crippen molar-refractivity contribution in [1.29, 1.82) is 0 Å². The van der Waals surface area contributed by atoms with Crippen LogP contribution in [0.2, 0.25) is 0 Å². The first-order chi connectivity index (χ1) is 12.7. The first-order valence-corrected chi connectivity index (χ1v) is 10.4. The Morgan fingerprint density at radius 1 is 1.22 bits per heavy atom. The number of carbonyl (C=O) groups excluding carboxylic acids is 1. The molecule has 2 fully saturated rings. The smallest absolute Gasteiger partial charge is 0.313 e. The van der Waals surface area contributed by atoms with Crippen molar-refractivity contribution in [2.75, 3.05) is 20.1 Å². The second-order valence-electron chi connectivity index (χ2n) is 7.36. The van der Waals surface area contributed by atoms with Crippen molar-refractivity contribution < 1.29 is 28.2 Å². The van der Waals surface area contributed by atoms with Crippen LogP contribution in [0, 0.1) is 11.3 Å². The predicted octanol–water partition coefficient (Wildman–Crippen LogP) is 0.673. The van der Waals surface area contributed by atoms with E-state index in [9.17, 15) is 28.2 Å². The molecule has 9 heteroatoms. The van der Waals surface area contributed by atoms with E-state index in [1.165, 1.54) is 31.3 Å². The zero-order valence-corrected chi connectivity index (χ0v) is 15.9. The Labute approximate surface area is 158 Å². The molecule has 0 spiro atoms. The molecule has 3 rings (SSSR count). The number of piperidine rings is 1. The van der Waals surface area contributed by atoms with Gasteiger partial charge in [0.1, 0.15) is 5.41 Å². The first-order valence-electron chi connectivity index (χ1n) is 8.94. The van der Waals surface area contributed by atoms with Gasteiger partial charge < -0.3 is 15.5 Å². The second-order valence-corrected chi connectivity index (χ2v) is 9.29. The number of carboxylic acids is 1. The Morgan fingerprint density at radius 3 is 2.37 bits per heavy atom. The highest BCUT2D eigenvalue weighted by Crippen LogP contribution is 2.45. The fourth-order valence-electron chi connectivity index (χ4n) is 3.65. The predicted molar refractivity (Wildman–Crippen MR) is 96.6 cm³/mol. The molecule has 1 saturated heterocycles. The molecule has 0 radical (unpaired) electrons. The van der Waals surface area contributed by atoms with Crippen LogP contribution in [-0.2, 0) is 14.8 Å². The Hall–Kier alpha value is -1.97. The molecule has 148 valence electrons. The van der Waals surface area contributed by atoms with Crippen LogP contribution >= 0.6 is 0 Å². The number of aliphatic carboxylic acids is 1. The number of hydrogen-bond donors (Lipinski definition) is 3. The van der Waals surface area contributed by atoms with Crippen LogP contribution in [0.1, 0.15) is 36.0 Å². The molecule has 1 amide bonds. The third kappa shape index (κ3) is 3.71. The van der Waals surface area contributed by atoms with Gasteiger partial charge in [0.2, 0.25) is 10.0 Å². The Bertz CT molecular complexity index is 834. The number of amides is 1. The average molecular weight is 396 g/mol. The summed E-state index contributed by atoms with van der Waals surface area (Å²) < 4.78 is 27.2. The third-order valence-corrected chi connectivity index (χ3v) is 7.36. The highest BCUT2D eigenvalue weighted by Gasteiger charge is 2.53. The van der Waals surface area contributed by atoms with E-state index in [2.05, 4.69) is 5.32 Å². The molecule has 3 N–H and O–H groups in total. The minimum Gasteiger partial charge on any atom is -0.481 e. The first kappa shape index (κ1) is 19.8. The van der Waals surface area contributed by atoms with Crippen molar-refractivity contribution in [3.05, 3.63) is 29.8 Å². The number of benzene rings is 1. The number of sulfonamides is 1. The van der Waals surface area contributed by atoms with Gasteiger partial charge in [0.15, 0.2) is 0 Å². The van der Waals surface area contributed by atoms with Crippen molar-refractivity contribution in [1.82, 2.24) is 9.62 Å². The molecule has 27 heavy (non-hydrogen) atoms. The molecule has 2 atom stereocenters. The van der Waals surface area contributed by atoms with Crippen molar-refractivity contribution in [3.8, 4) is 0 Å². The van der Waals surface area contributed by atoms with E-state index in [0.717, 1.165) is 17.1 Å². The molecule has 1 saturated carbocycles. The fourth-order valence-corrected chi connectivity index (χ4v) is 5.18. The van der Waals surface area contributed by atoms with E-state index in [1.54, 1.807) is 0 Å². The molecule has 2 aliphatic rings. The molecule has 1 aromatic carbocycles. The highest BCUT2D eigenvalue weighted by molar-refractivity contribution is 7.89. The molecule has 1 aromatic rings. The number of carboxylic acid groups (broad SMARTS) is 1. The summed E-state index contributed by atoms with van der Waals surface area (Å²) in [6.45, 7) is -0.195. The third-order valence-electron chi connectivity index (χ3n) is 5.51. The summed E-state index contributed by atoms with van der Waals surface area (Å²) in [7, 11) is -2.44. The number of nitrogens with one attached hydrogen (secondary N) is 1. The maximum Gasteiger partial charge on any atom is 0.313 e. The average Bonchev–Trinajstić information content (AvgIpc) is 3.46. The Kier molecular flexibility index (Phi) is 5.29. The molecule has 1 aliphatic heterocycles. The summed E-state index contributed by atoms with van der Waals surface area (Å²) in [5, 5.41) is 22.7. The van der Waals surface area contributed by atoms with Gasteiger partial charge in [0, 0.05) is 25.7 Å². The summed E-state index contributed by atoms with van der Waals surface area (Å²) in [5.41, 5.74) is -1.15. The molecule has 1 heterocycles. The van der Waals surface area contributed by atoms with Gasteiger partial charge in [-0.15, -0.1) is 0 Å². The van der Waals surface area contributed by atoms with Gasteiger partial charge >= 0.3 is 5.97 Å². The lowest BCUT2D eigenvalue weighted by molar-refractivity contribution is -0.162. The van der Waals surface area contributed by atoms with Crippen LogP contribution in [-0.4, -0.2) is 61.1 Å². The maximum atomic E-state index is 13.0. The maximum absolute atomic E-state index is 13.0. The molecule has 0 bridgehead atoms. The van der Waals surface area contributed by atoms with E-state index >= 15 is 0 Å². The highest BCUT2D eigenvalue weighted by atomic mass is 32.2. The van der Waals surface area contributed by atoms with Gasteiger partial charge in [-0.25, -0.2) is 8.42 Å². The van der Waals surface area contributed by atoms with E-state index in [4.69, 9.17) is 0 Å². The molecule has 1 aliphatic carbocycles. The van der Waals surface area contributed by atoms with Crippen LogP contribution < -0.4 is 5.32 Å². The summed E-state index contributed by atoms with van der Waals surface area (Å²) >= 11 is 0. The molecular formula is C18H24N2O6S. The minimum atomic E-state index is -3.93. The molecular weight excluding hydrogens is 372 g/mol. The summed E-state index contributed by atoms with van der Waals surface area (Å²) in [4.78, 5) is 23.6. The lowest BCUT2D eigenvalue weighted by Crippen LogP contribution is -2.57. The van der Waals surface area contributed by atoms with Gasteiger partial charge in [0.05, 0.1) is 11.0 Å². The number of aliphatic hydroxyl groups excluding tert-OH is 1. The summed E-state index contributed by atoms with van der Waals surface area (Å²) in [6.07, 6.45) is 1.11. The molecule has 8 nitrogen and oxygen atoms in total. The van der Waals surface area contributed by atoms with Crippen LogP contribution in [0.3, 0.4) is 0 Å². The number of nitrogens with zero attached hydrogens (tertiary/aromatic N) is 1. The van der Waals surface area contributed by atoms with E-state index in [1.807, 2.05) is 0 Å². The van der Waals surface area contributed by atoms with Gasteiger partial charge in [-0.05, 0) is 43.0 Å². The largest absolute Gasteiger partial charge is 0.481 e. The zero-order chi connectivity index (χ0) is 19.8. The van der Waals surface area contributed by atoms with E-state index in [-0.39, 0.29) is 42.7 Å².